The molecule has 0 saturated heterocycles. The summed E-state index contributed by atoms with van der Waals surface area (Å²) in [5.74, 6) is -0.877. The summed E-state index contributed by atoms with van der Waals surface area (Å²) in [7, 11) is 0. The number of carbonyl (C=O) groups is 2. The van der Waals surface area contributed by atoms with Gasteiger partial charge >= 0.3 is 5.97 Å². The highest BCUT2D eigenvalue weighted by atomic mass is 16.4. The number of hydrogen-bond donors (Lipinski definition) is 2. The predicted molar refractivity (Wildman–Crippen MR) is 78.5 cm³/mol. The van der Waals surface area contributed by atoms with Gasteiger partial charge in [0.25, 0.3) is 0 Å². The van der Waals surface area contributed by atoms with Crippen LogP contribution in [-0.2, 0) is 16.0 Å². The van der Waals surface area contributed by atoms with Gasteiger partial charge in [0.1, 0.15) is 0 Å². The standard InChI is InChI=1S/C16H23NO3/c1-12-4-6-13(7-5-12)8-9-14(18)17-11-10-16(2,3)15(19)20/h4-7H,8-11H2,1-3H3,(H,17,18)(H,19,20). The van der Waals surface area contributed by atoms with Crippen molar-refractivity contribution in [3.8, 4) is 0 Å². The number of carboxylic acids is 1. The number of amides is 1. The number of carboxylic acid groups (broad SMARTS) is 1. The molecule has 0 aromatic heterocycles. The summed E-state index contributed by atoms with van der Waals surface area (Å²) in [5.41, 5.74) is 1.54. The van der Waals surface area contributed by atoms with Crippen LogP contribution in [0.15, 0.2) is 24.3 Å². The van der Waals surface area contributed by atoms with Gasteiger partial charge in [0.15, 0.2) is 0 Å². The number of hydrogen-bond acceptors (Lipinski definition) is 2. The lowest BCUT2D eigenvalue weighted by atomic mass is 9.90. The van der Waals surface area contributed by atoms with E-state index in [1.165, 1.54) is 5.56 Å². The topological polar surface area (TPSA) is 66.4 Å². The monoisotopic (exact) mass is 277 g/mol. The summed E-state index contributed by atoms with van der Waals surface area (Å²) in [6, 6.07) is 8.11. The first-order chi connectivity index (χ1) is 9.31. The minimum absolute atomic E-state index is 0.0354. The van der Waals surface area contributed by atoms with Crippen LogP contribution in [0.1, 0.15) is 37.8 Å². The van der Waals surface area contributed by atoms with Crippen molar-refractivity contribution in [1.82, 2.24) is 5.32 Å². The molecular weight excluding hydrogens is 254 g/mol. The quantitative estimate of drug-likeness (QED) is 0.805. The third-order valence-electron chi connectivity index (χ3n) is 3.41. The van der Waals surface area contributed by atoms with Crippen LogP contribution in [0.2, 0.25) is 0 Å². The molecule has 1 rings (SSSR count). The van der Waals surface area contributed by atoms with Crippen LogP contribution in [-0.4, -0.2) is 23.5 Å². The van der Waals surface area contributed by atoms with E-state index in [1.807, 2.05) is 31.2 Å². The summed E-state index contributed by atoms with van der Waals surface area (Å²) in [6.07, 6.45) is 1.56. The molecule has 2 N–H and O–H groups in total. The second-order valence-corrected chi connectivity index (χ2v) is 5.77. The SMILES string of the molecule is Cc1ccc(CCC(=O)NCCC(C)(C)C(=O)O)cc1. The van der Waals surface area contributed by atoms with Crippen molar-refractivity contribution in [2.45, 2.75) is 40.0 Å². The Morgan fingerprint density at radius 2 is 1.80 bits per heavy atom. The van der Waals surface area contributed by atoms with Crippen LogP contribution in [0.3, 0.4) is 0 Å². The van der Waals surface area contributed by atoms with E-state index in [0.717, 1.165) is 5.56 Å². The Morgan fingerprint density at radius 3 is 2.35 bits per heavy atom. The molecule has 4 heteroatoms. The molecule has 0 radical (unpaired) electrons. The number of aliphatic carboxylic acids is 1. The van der Waals surface area contributed by atoms with Gasteiger partial charge in [0, 0.05) is 13.0 Å². The van der Waals surface area contributed by atoms with E-state index in [1.54, 1.807) is 13.8 Å². The van der Waals surface area contributed by atoms with Gasteiger partial charge in [-0.3, -0.25) is 9.59 Å². The Balaban J connectivity index is 2.27. The van der Waals surface area contributed by atoms with E-state index in [9.17, 15) is 9.59 Å². The average molecular weight is 277 g/mol. The molecule has 0 aliphatic rings. The number of nitrogens with one attached hydrogen (secondary N) is 1. The normalized spacial score (nSPS) is 11.2. The molecule has 0 aliphatic carbocycles. The van der Waals surface area contributed by atoms with Gasteiger partial charge < -0.3 is 10.4 Å². The van der Waals surface area contributed by atoms with E-state index in [4.69, 9.17) is 5.11 Å². The molecule has 110 valence electrons. The fourth-order valence-electron chi connectivity index (χ4n) is 1.72. The van der Waals surface area contributed by atoms with Crippen LogP contribution >= 0.6 is 0 Å². The van der Waals surface area contributed by atoms with Gasteiger partial charge in [-0.15, -0.1) is 0 Å². The zero-order valence-corrected chi connectivity index (χ0v) is 12.4. The number of rotatable bonds is 7. The molecule has 0 heterocycles. The second-order valence-electron chi connectivity index (χ2n) is 5.77. The average Bonchev–Trinajstić information content (AvgIpc) is 2.37. The van der Waals surface area contributed by atoms with Gasteiger partial charge in [-0.25, -0.2) is 0 Å². The molecule has 0 fully saturated rings. The van der Waals surface area contributed by atoms with Crippen LogP contribution in [0.5, 0.6) is 0 Å². The Hall–Kier alpha value is -1.84. The summed E-state index contributed by atoms with van der Waals surface area (Å²) < 4.78 is 0. The van der Waals surface area contributed by atoms with Crippen LogP contribution in [0, 0.1) is 12.3 Å². The van der Waals surface area contributed by atoms with Crippen molar-refractivity contribution in [3.05, 3.63) is 35.4 Å². The van der Waals surface area contributed by atoms with E-state index >= 15 is 0 Å². The highest BCUT2D eigenvalue weighted by molar-refractivity contribution is 5.76. The largest absolute Gasteiger partial charge is 0.481 e. The number of benzene rings is 1. The fourth-order valence-corrected chi connectivity index (χ4v) is 1.72. The Kier molecular flexibility index (Phi) is 5.74. The molecule has 0 atom stereocenters. The van der Waals surface area contributed by atoms with Crippen molar-refractivity contribution in [1.29, 1.82) is 0 Å². The Labute approximate surface area is 120 Å². The van der Waals surface area contributed by atoms with E-state index < -0.39 is 11.4 Å². The van der Waals surface area contributed by atoms with Crippen molar-refractivity contribution in [3.63, 3.8) is 0 Å². The van der Waals surface area contributed by atoms with E-state index in [0.29, 0.717) is 25.8 Å². The van der Waals surface area contributed by atoms with Gasteiger partial charge in [-0.1, -0.05) is 29.8 Å². The van der Waals surface area contributed by atoms with Crippen molar-refractivity contribution < 1.29 is 14.7 Å². The third-order valence-corrected chi connectivity index (χ3v) is 3.41. The first kappa shape index (κ1) is 16.2. The summed E-state index contributed by atoms with van der Waals surface area (Å²) in [6.45, 7) is 5.74. The van der Waals surface area contributed by atoms with Crippen molar-refractivity contribution >= 4 is 11.9 Å². The molecule has 0 aliphatic heterocycles. The Bertz CT molecular complexity index is 463. The zero-order chi connectivity index (χ0) is 15.2. The fraction of sp³-hybridized carbons (Fsp3) is 0.500. The summed E-state index contributed by atoms with van der Waals surface area (Å²) in [4.78, 5) is 22.6. The second kappa shape index (κ2) is 7.08. The molecule has 1 aromatic rings. The first-order valence-electron chi connectivity index (χ1n) is 6.87. The molecule has 20 heavy (non-hydrogen) atoms. The summed E-state index contributed by atoms with van der Waals surface area (Å²) >= 11 is 0. The number of aryl methyl sites for hydroxylation is 2. The maximum atomic E-state index is 11.7. The van der Waals surface area contributed by atoms with E-state index in [2.05, 4.69) is 5.32 Å². The van der Waals surface area contributed by atoms with Crippen molar-refractivity contribution in [2.75, 3.05) is 6.54 Å². The lowest BCUT2D eigenvalue weighted by Gasteiger charge is -2.18. The predicted octanol–water partition coefficient (Wildman–Crippen LogP) is 2.54. The molecule has 0 spiro atoms. The van der Waals surface area contributed by atoms with Gasteiger partial charge in [-0.2, -0.15) is 0 Å². The number of carbonyl (C=O) groups excluding carboxylic acids is 1. The maximum absolute atomic E-state index is 11.7. The molecule has 4 nitrogen and oxygen atoms in total. The molecule has 0 bridgehead atoms. The molecule has 1 aromatic carbocycles. The highest BCUT2D eigenvalue weighted by Gasteiger charge is 2.26. The third kappa shape index (κ3) is 5.43. The van der Waals surface area contributed by atoms with Gasteiger partial charge in [-0.05, 0) is 39.2 Å². The molecular formula is C16H23NO3. The summed E-state index contributed by atoms with van der Waals surface area (Å²) in [5, 5.41) is 11.7. The first-order valence-corrected chi connectivity index (χ1v) is 6.87. The highest BCUT2D eigenvalue weighted by Crippen LogP contribution is 2.19. The maximum Gasteiger partial charge on any atom is 0.309 e. The zero-order valence-electron chi connectivity index (χ0n) is 12.4. The van der Waals surface area contributed by atoms with Crippen LogP contribution < -0.4 is 5.32 Å². The molecule has 0 unspecified atom stereocenters. The van der Waals surface area contributed by atoms with Crippen LogP contribution in [0.4, 0.5) is 0 Å². The lowest BCUT2D eigenvalue weighted by Crippen LogP contribution is -2.32. The molecule has 0 saturated carbocycles. The smallest absolute Gasteiger partial charge is 0.309 e. The van der Waals surface area contributed by atoms with Crippen LogP contribution in [0.25, 0.3) is 0 Å². The van der Waals surface area contributed by atoms with Gasteiger partial charge in [0.2, 0.25) is 5.91 Å². The Morgan fingerprint density at radius 1 is 1.20 bits per heavy atom. The minimum atomic E-state index is -0.841. The lowest BCUT2D eigenvalue weighted by molar-refractivity contribution is -0.147. The van der Waals surface area contributed by atoms with E-state index in [-0.39, 0.29) is 5.91 Å². The minimum Gasteiger partial charge on any atom is -0.481 e. The molecule has 1 amide bonds. The van der Waals surface area contributed by atoms with Gasteiger partial charge in [0.05, 0.1) is 5.41 Å². The van der Waals surface area contributed by atoms with Crippen molar-refractivity contribution in [2.24, 2.45) is 5.41 Å².